The van der Waals surface area contributed by atoms with Gasteiger partial charge in [0.25, 0.3) is 0 Å². The van der Waals surface area contributed by atoms with Gasteiger partial charge in [0, 0.05) is 38.8 Å². The van der Waals surface area contributed by atoms with E-state index in [4.69, 9.17) is 12.2 Å². The van der Waals surface area contributed by atoms with Crippen molar-refractivity contribution in [3.05, 3.63) is 23.3 Å². The highest BCUT2D eigenvalue weighted by Crippen LogP contribution is 2.40. The Bertz CT molecular complexity index is 557. The molecule has 1 aliphatic heterocycles. The molecule has 4 nitrogen and oxygen atoms in total. The second-order valence-electron chi connectivity index (χ2n) is 7.81. The number of carbonyl (C=O) groups is 1. The average Bonchev–Trinajstić information content (AvgIpc) is 2.58. The zero-order valence-corrected chi connectivity index (χ0v) is 17.0. The molecular formula is C20H33N3OS. The lowest BCUT2D eigenvalue weighted by atomic mass is 9.72. The van der Waals surface area contributed by atoms with E-state index in [1.807, 2.05) is 4.90 Å². The van der Waals surface area contributed by atoms with Crippen LogP contribution in [0.1, 0.15) is 53.4 Å². The van der Waals surface area contributed by atoms with Gasteiger partial charge in [0.1, 0.15) is 0 Å². The standard InChI is InChI=1S/C20H33N3OS/c1-5-11-21-19(25)23-14-12-22(13-15-23)18(24)9-8-17-16(2)7-6-10-20(17,3)4/h8-9H,5-7,10-15H2,1-4H3,(H,21,25)/b9-8+. The Kier molecular flexibility index (Phi) is 7.05. The fourth-order valence-electron chi connectivity index (χ4n) is 3.74. The SMILES string of the molecule is CCCNC(=S)N1CCN(C(=O)/C=C/C2=C(C)CCCC2(C)C)CC1. The predicted octanol–water partition coefficient (Wildman–Crippen LogP) is 3.50. The molecule has 0 spiro atoms. The highest BCUT2D eigenvalue weighted by Gasteiger charge is 2.27. The van der Waals surface area contributed by atoms with E-state index in [0.29, 0.717) is 0 Å². The van der Waals surface area contributed by atoms with Crippen LogP contribution in [0.4, 0.5) is 0 Å². The second-order valence-corrected chi connectivity index (χ2v) is 8.20. The molecule has 140 valence electrons. The monoisotopic (exact) mass is 363 g/mol. The van der Waals surface area contributed by atoms with Crippen LogP contribution in [0.5, 0.6) is 0 Å². The topological polar surface area (TPSA) is 35.6 Å². The highest BCUT2D eigenvalue weighted by molar-refractivity contribution is 7.80. The lowest BCUT2D eigenvalue weighted by Crippen LogP contribution is -2.52. The van der Waals surface area contributed by atoms with Gasteiger partial charge in [0.15, 0.2) is 5.11 Å². The van der Waals surface area contributed by atoms with Crippen molar-refractivity contribution < 1.29 is 4.79 Å². The number of piperazine rings is 1. The van der Waals surface area contributed by atoms with Crippen molar-refractivity contribution in [1.82, 2.24) is 15.1 Å². The Balaban J connectivity index is 1.89. The first-order chi connectivity index (χ1) is 11.8. The Morgan fingerprint density at radius 3 is 2.48 bits per heavy atom. The molecule has 0 aromatic rings. The molecule has 0 atom stereocenters. The van der Waals surface area contributed by atoms with E-state index in [1.54, 1.807) is 6.08 Å². The molecule has 1 fully saturated rings. The summed E-state index contributed by atoms with van der Waals surface area (Å²) in [5, 5.41) is 4.08. The number of thiocarbonyl (C=S) groups is 1. The van der Waals surface area contributed by atoms with Crippen LogP contribution in [0.15, 0.2) is 23.3 Å². The van der Waals surface area contributed by atoms with Crippen molar-refractivity contribution in [2.45, 2.75) is 53.4 Å². The van der Waals surface area contributed by atoms with Crippen LogP contribution < -0.4 is 5.32 Å². The first-order valence-electron chi connectivity index (χ1n) is 9.55. The lowest BCUT2D eigenvalue weighted by molar-refractivity contribution is -0.127. The van der Waals surface area contributed by atoms with Gasteiger partial charge in [-0.1, -0.05) is 32.4 Å². The van der Waals surface area contributed by atoms with Crippen molar-refractivity contribution in [2.24, 2.45) is 5.41 Å². The summed E-state index contributed by atoms with van der Waals surface area (Å²) in [4.78, 5) is 16.7. The van der Waals surface area contributed by atoms with E-state index >= 15 is 0 Å². The number of nitrogens with zero attached hydrogens (tertiary/aromatic N) is 2. The van der Waals surface area contributed by atoms with Gasteiger partial charge in [-0.2, -0.15) is 0 Å². The summed E-state index contributed by atoms with van der Waals surface area (Å²) < 4.78 is 0. The fourth-order valence-corrected chi connectivity index (χ4v) is 4.03. The van der Waals surface area contributed by atoms with E-state index in [9.17, 15) is 4.79 Å². The molecule has 0 unspecified atom stereocenters. The van der Waals surface area contributed by atoms with E-state index < -0.39 is 0 Å². The van der Waals surface area contributed by atoms with Gasteiger partial charge in [-0.15, -0.1) is 0 Å². The van der Waals surface area contributed by atoms with Crippen LogP contribution in [0.25, 0.3) is 0 Å². The molecule has 1 heterocycles. The molecule has 2 rings (SSSR count). The molecule has 0 saturated carbocycles. The van der Waals surface area contributed by atoms with Crippen molar-refractivity contribution in [3.8, 4) is 0 Å². The van der Waals surface area contributed by atoms with Gasteiger partial charge in [-0.3, -0.25) is 4.79 Å². The third kappa shape index (κ3) is 5.30. The van der Waals surface area contributed by atoms with Gasteiger partial charge < -0.3 is 15.1 Å². The summed E-state index contributed by atoms with van der Waals surface area (Å²) in [6.45, 7) is 12.9. The number of carbonyl (C=O) groups excluding carboxylic acids is 1. The minimum absolute atomic E-state index is 0.119. The number of allylic oxidation sites excluding steroid dienone is 3. The molecular weight excluding hydrogens is 330 g/mol. The Hall–Kier alpha value is -1.36. The fraction of sp³-hybridized carbons (Fsp3) is 0.700. The molecule has 1 saturated heterocycles. The zero-order valence-electron chi connectivity index (χ0n) is 16.2. The Morgan fingerprint density at radius 1 is 1.24 bits per heavy atom. The molecule has 0 aromatic carbocycles. The van der Waals surface area contributed by atoms with Crippen LogP contribution >= 0.6 is 12.2 Å². The van der Waals surface area contributed by atoms with Crippen molar-refractivity contribution in [2.75, 3.05) is 32.7 Å². The smallest absolute Gasteiger partial charge is 0.246 e. The van der Waals surface area contributed by atoms with Crippen molar-refractivity contribution in [3.63, 3.8) is 0 Å². The van der Waals surface area contributed by atoms with E-state index in [1.165, 1.54) is 24.0 Å². The van der Waals surface area contributed by atoms with E-state index in [2.05, 4.69) is 44.0 Å². The number of hydrogen-bond acceptors (Lipinski definition) is 2. The molecule has 25 heavy (non-hydrogen) atoms. The maximum atomic E-state index is 12.6. The summed E-state index contributed by atoms with van der Waals surface area (Å²) in [6, 6.07) is 0. The number of rotatable bonds is 4. The lowest BCUT2D eigenvalue weighted by Gasteiger charge is -2.36. The zero-order chi connectivity index (χ0) is 18.4. The molecule has 1 amide bonds. The molecule has 0 radical (unpaired) electrons. The van der Waals surface area contributed by atoms with Crippen LogP contribution in [0.2, 0.25) is 0 Å². The number of hydrogen-bond donors (Lipinski definition) is 1. The van der Waals surface area contributed by atoms with Crippen LogP contribution in [-0.4, -0.2) is 53.5 Å². The predicted molar refractivity (Wildman–Crippen MR) is 109 cm³/mol. The first kappa shape index (κ1) is 20.0. The van der Waals surface area contributed by atoms with Crippen LogP contribution in [0.3, 0.4) is 0 Å². The molecule has 1 aliphatic carbocycles. The molecule has 2 aliphatic rings. The molecule has 0 bridgehead atoms. The van der Waals surface area contributed by atoms with E-state index in [-0.39, 0.29) is 11.3 Å². The minimum atomic E-state index is 0.119. The Morgan fingerprint density at radius 2 is 1.88 bits per heavy atom. The Labute approximate surface area is 158 Å². The van der Waals surface area contributed by atoms with Gasteiger partial charge in [0.05, 0.1) is 0 Å². The summed E-state index contributed by atoms with van der Waals surface area (Å²) in [5.41, 5.74) is 2.95. The average molecular weight is 364 g/mol. The van der Waals surface area contributed by atoms with Crippen molar-refractivity contribution >= 4 is 23.2 Å². The number of nitrogens with one attached hydrogen (secondary N) is 1. The van der Waals surface area contributed by atoms with Crippen LogP contribution in [-0.2, 0) is 4.79 Å². The summed E-state index contributed by atoms with van der Waals surface area (Å²) in [5.74, 6) is 0.119. The summed E-state index contributed by atoms with van der Waals surface area (Å²) in [7, 11) is 0. The second kappa shape index (κ2) is 8.84. The minimum Gasteiger partial charge on any atom is -0.363 e. The summed E-state index contributed by atoms with van der Waals surface area (Å²) in [6.07, 6.45) is 8.50. The first-order valence-corrected chi connectivity index (χ1v) is 9.96. The maximum Gasteiger partial charge on any atom is 0.246 e. The maximum absolute atomic E-state index is 12.6. The normalized spacial score (nSPS) is 21.0. The molecule has 5 heteroatoms. The molecule has 0 aromatic heterocycles. The third-order valence-electron chi connectivity index (χ3n) is 5.34. The largest absolute Gasteiger partial charge is 0.363 e. The van der Waals surface area contributed by atoms with E-state index in [0.717, 1.165) is 50.7 Å². The molecule has 1 N–H and O–H groups in total. The number of amides is 1. The van der Waals surface area contributed by atoms with Gasteiger partial charge >= 0.3 is 0 Å². The van der Waals surface area contributed by atoms with Crippen LogP contribution in [0, 0.1) is 5.41 Å². The quantitative estimate of drug-likeness (QED) is 0.612. The van der Waals surface area contributed by atoms with Gasteiger partial charge in [0.2, 0.25) is 5.91 Å². The van der Waals surface area contributed by atoms with Gasteiger partial charge in [-0.05, 0) is 55.8 Å². The summed E-state index contributed by atoms with van der Waals surface area (Å²) >= 11 is 5.41. The van der Waals surface area contributed by atoms with Crippen molar-refractivity contribution in [1.29, 1.82) is 0 Å². The third-order valence-corrected chi connectivity index (χ3v) is 5.74. The van der Waals surface area contributed by atoms with Gasteiger partial charge in [-0.25, -0.2) is 0 Å². The highest BCUT2D eigenvalue weighted by atomic mass is 32.1.